The fourth-order valence-corrected chi connectivity index (χ4v) is 2.73. The van der Waals surface area contributed by atoms with Gasteiger partial charge in [0, 0.05) is 23.4 Å². The number of aryl methyl sites for hydroxylation is 2. The van der Waals surface area contributed by atoms with Crippen LogP contribution in [-0.2, 0) is 6.42 Å². The molecule has 2 rings (SSSR count). The van der Waals surface area contributed by atoms with E-state index in [1.54, 1.807) is 11.3 Å². The summed E-state index contributed by atoms with van der Waals surface area (Å²) >= 11 is 1.70. The van der Waals surface area contributed by atoms with E-state index in [0.29, 0.717) is 0 Å². The zero-order valence-corrected chi connectivity index (χ0v) is 11.3. The van der Waals surface area contributed by atoms with Gasteiger partial charge < -0.3 is 5.73 Å². The SMILES string of the molecule is Cc1ccc(C)c(-c2nc(CC(C)N)cs2)c1. The number of nitrogens with zero attached hydrogens (tertiary/aromatic N) is 1. The van der Waals surface area contributed by atoms with E-state index in [1.165, 1.54) is 16.7 Å². The molecule has 1 heterocycles. The maximum absolute atomic E-state index is 5.79. The highest BCUT2D eigenvalue weighted by Crippen LogP contribution is 2.27. The van der Waals surface area contributed by atoms with E-state index in [0.717, 1.165) is 17.1 Å². The van der Waals surface area contributed by atoms with Crippen molar-refractivity contribution in [2.75, 3.05) is 0 Å². The second-order valence-electron chi connectivity index (χ2n) is 4.64. The Bertz CT molecular complexity index is 515. The van der Waals surface area contributed by atoms with E-state index in [-0.39, 0.29) is 6.04 Å². The van der Waals surface area contributed by atoms with E-state index in [4.69, 9.17) is 5.73 Å². The summed E-state index contributed by atoms with van der Waals surface area (Å²) in [6.45, 7) is 6.25. The Kier molecular flexibility index (Phi) is 3.60. The summed E-state index contributed by atoms with van der Waals surface area (Å²) in [5, 5.41) is 3.21. The minimum atomic E-state index is 0.170. The van der Waals surface area contributed by atoms with Crippen LogP contribution in [-0.4, -0.2) is 11.0 Å². The predicted molar refractivity (Wildman–Crippen MR) is 74.4 cm³/mol. The van der Waals surface area contributed by atoms with Gasteiger partial charge in [-0.15, -0.1) is 11.3 Å². The second kappa shape index (κ2) is 4.98. The zero-order valence-electron chi connectivity index (χ0n) is 10.5. The highest BCUT2D eigenvalue weighted by molar-refractivity contribution is 7.13. The second-order valence-corrected chi connectivity index (χ2v) is 5.50. The Morgan fingerprint density at radius 1 is 1.35 bits per heavy atom. The van der Waals surface area contributed by atoms with E-state index >= 15 is 0 Å². The van der Waals surface area contributed by atoms with Crippen molar-refractivity contribution in [1.29, 1.82) is 0 Å². The summed E-state index contributed by atoms with van der Waals surface area (Å²) < 4.78 is 0. The minimum Gasteiger partial charge on any atom is -0.328 e. The lowest BCUT2D eigenvalue weighted by Gasteiger charge is -2.04. The van der Waals surface area contributed by atoms with Gasteiger partial charge in [0.05, 0.1) is 5.69 Å². The molecule has 0 aliphatic carbocycles. The molecule has 1 aromatic carbocycles. The molecule has 90 valence electrons. The number of nitrogens with two attached hydrogens (primary N) is 1. The van der Waals surface area contributed by atoms with Gasteiger partial charge in [-0.25, -0.2) is 4.98 Å². The third-order valence-electron chi connectivity index (χ3n) is 2.71. The Balaban J connectivity index is 2.33. The van der Waals surface area contributed by atoms with Crippen molar-refractivity contribution in [2.24, 2.45) is 5.73 Å². The molecule has 0 saturated carbocycles. The molecule has 2 aromatic rings. The third kappa shape index (κ3) is 2.93. The standard InChI is InChI=1S/C14H18N2S/c1-9-4-5-10(2)13(6-9)14-16-12(8-17-14)7-11(3)15/h4-6,8,11H,7,15H2,1-3H3. The van der Waals surface area contributed by atoms with Gasteiger partial charge in [-0.2, -0.15) is 0 Å². The maximum Gasteiger partial charge on any atom is 0.123 e. The quantitative estimate of drug-likeness (QED) is 0.902. The van der Waals surface area contributed by atoms with Crippen molar-refractivity contribution < 1.29 is 0 Å². The largest absolute Gasteiger partial charge is 0.328 e. The fourth-order valence-electron chi connectivity index (χ4n) is 1.82. The van der Waals surface area contributed by atoms with Gasteiger partial charge in [-0.3, -0.25) is 0 Å². The van der Waals surface area contributed by atoms with E-state index < -0.39 is 0 Å². The fraction of sp³-hybridized carbons (Fsp3) is 0.357. The molecule has 1 unspecified atom stereocenters. The molecule has 3 heteroatoms. The molecule has 0 saturated heterocycles. The highest BCUT2D eigenvalue weighted by Gasteiger charge is 2.08. The summed E-state index contributed by atoms with van der Waals surface area (Å²) in [5.41, 5.74) is 10.7. The lowest BCUT2D eigenvalue weighted by Crippen LogP contribution is -2.17. The van der Waals surface area contributed by atoms with Gasteiger partial charge in [0.1, 0.15) is 5.01 Å². The van der Waals surface area contributed by atoms with Crippen LogP contribution in [0.2, 0.25) is 0 Å². The van der Waals surface area contributed by atoms with Crippen molar-refractivity contribution in [3.63, 3.8) is 0 Å². The normalized spacial score (nSPS) is 12.7. The first-order valence-corrected chi connectivity index (χ1v) is 6.72. The molecule has 17 heavy (non-hydrogen) atoms. The average Bonchev–Trinajstić information content (AvgIpc) is 2.69. The first-order chi connectivity index (χ1) is 8.06. The maximum atomic E-state index is 5.79. The number of hydrogen-bond donors (Lipinski definition) is 1. The first kappa shape index (κ1) is 12.3. The number of hydrogen-bond acceptors (Lipinski definition) is 3. The van der Waals surface area contributed by atoms with Crippen LogP contribution in [0.3, 0.4) is 0 Å². The molecule has 0 aliphatic rings. The van der Waals surface area contributed by atoms with Crippen LogP contribution in [0.5, 0.6) is 0 Å². The summed E-state index contributed by atoms with van der Waals surface area (Å²) in [5.74, 6) is 0. The molecular formula is C14H18N2S. The predicted octanol–water partition coefficient (Wildman–Crippen LogP) is 3.32. The van der Waals surface area contributed by atoms with Gasteiger partial charge in [0.15, 0.2) is 0 Å². The molecule has 0 amide bonds. The van der Waals surface area contributed by atoms with E-state index in [2.05, 4.69) is 42.4 Å². The van der Waals surface area contributed by atoms with Crippen LogP contribution in [0.15, 0.2) is 23.6 Å². The number of benzene rings is 1. The van der Waals surface area contributed by atoms with Crippen LogP contribution in [0, 0.1) is 13.8 Å². The van der Waals surface area contributed by atoms with Gasteiger partial charge in [-0.1, -0.05) is 17.7 Å². The molecule has 1 aromatic heterocycles. The lowest BCUT2D eigenvalue weighted by molar-refractivity contribution is 0.726. The van der Waals surface area contributed by atoms with Crippen molar-refractivity contribution in [3.05, 3.63) is 40.4 Å². The molecule has 0 radical (unpaired) electrons. The number of rotatable bonds is 3. The Hall–Kier alpha value is -1.19. The first-order valence-electron chi connectivity index (χ1n) is 5.84. The lowest BCUT2D eigenvalue weighted by atomic mass is 10.1. The molecule has 2 N–H and O–H groups in total. The molecule has 2 nitrogen and oxygen atoms in total. The van der Waals surface area contributed by atoms with Crippen LogP contribution < -0.4 is 5.73 Å². The van der Waals surface area contributed by atoms with Crippen LogP contribution in [0.4, 0.5) is 0 Å². The van der Waals surface area contributed by atoms with Crippen molar-refractivity contribution in [2.45, 2.75) is 33.2 Å². The zero-order chi connectivity index (χ0) is 12.4. The van der Waals surface area contributed by atoms with Crippen LogP contribution in [0.1, 0.15) is 23.7 Å². The molecule has 0 spiro atoms. The average molecular weight is 246 g/mol. The van der Waals surface area contributed by atoms with Crippen LogP contribution in [0.25, 0.3) is 10.6 Å². The minimum absolute atomic E-state index is 0.170. The summed E-state index contributed by atoms with van der Waals surface area (Å²) in [4.78, 5) is 4.66. The Labute approximate surface area is 107 Å². The number of aromatic nitrogens is 1. The van der Waals surface area contributed by atoms with Crippen molar-refractivity contribution >= 4 is 11.3 Å². The molecular weight excluding hydrogens is 228 g/mol. The summed E-state index contributed by atoms with van der Waals surface area (Å²) in [6, 6.07) is 6.65. The van der Waals surface area contributed by atoms with E-state index in [9.17, 15) is 0 Å². The molecule has 0 fully saturated rings. The smallest absolute Gasteiger partial charge is 0.123 e. The third-order valence-corrected chi connectivity index (χ3v) is 3.63. The summed E-state index contributed by atoms with van der Waals surface area (Å²) in [6.07, 6.45) is 0.849. The molecule has 1 atom stereocenters. The summed E-state index contributed by atoms with van der Waals surface area (Å²) in [7, 11) is 0. The highest BCUT2D eigenvalue weighted by atomic mass is 32.1. The van der Waals surface area contributed by atoms with Gasteiger partial charge in [0.2, 0.25) is 0 Å². The van der Waals surface area contributed by atoms with Gasteiger partial charge in [0.25, 0.3) is 0 Å². The van der Waals surface area contributed by atoms with Gasteiger partial charge >= 0.3 is 0 Å². The monoisotopic (exact) mass is 246 g/mol. The molecule has 0 aliphatic heterocycles. The number of thiazole rings is 1. The Morgan fingerprint density at radius 2 is 2.12 bits per heavy atom. The van der Waals surface area contributed by atoms with Crippen molar-refractivity contribution in [3.8, 4) is 10.6 Å². The van der Waals surface area contributed by atoms with E-state index in [1.807, 2.05) is 6.92 Å². The Morgan fingerprint density at radius 3 is 2.82 bits per heavy atom. The van der Waals surface area contributed by atoms with Crippen LogP contribution >= 0.6 is 11.3 Å². The topological polar surface area (TPSA) is 38.9 Å². The van der Waals surface area contributed by atoms with Gasteiger partial charge in [-0.05, 0) is 32.4 Å². The van der Waals surface area contributed by atoms with Crippen molar-refractivity contribution in [1.82, 2.24) is 4.98 Å². The molecule has 0 bridgehead atoms.